The van der Waals surface area contributed by atoms with Crippen LogP contribution in [0.4, 0.5) is 0 Å². The van der Waals surface area contributed by atoms with E-state index in [0.717, 1.165) is 26.2 Å². The second kappa shape index (κ2) is 5.25. The van der Waals surface area contributed by atoms with E-state index in [1.54, 1.807) is 4.57 Å². The maximum atomic E-state index is 12.0. The zero-order chi connectivity index (χ0) is 12.4. The number of hydrogen-bond acceptors (Lipinski definition) is 3. The molecule has 1 saturated heterocycles. The Hall–Kier alpha value is -0.780. The fraction of sp³-hybridized carbons (Fsp3) is 0.600. The predicted molar refractivity (Wildman–Crippen MR) is 66.3 cm³/mol. The number of likely N-dealkylation sites (N-methyl/N-ethyl adjacent to an activating group) is 1. The molecule has 1 aromatic heterocycles. The molecule has 0 radical (unpaired) electrons. The lowest BCUT2D eigenvalue weighted by Crippen LogP contribution is -2.48. The predicted octanol–water partition coefficient (Wildman–Crippen LogP) is 0.964. The second-order valence-corrected chi connectivity index (χ2v) is 4.85. The Morgan fingerprint density at radius 3 is 2.53 bits per heavy atom. The minimum atomic E-state index is 0.0501. The van der Waals surface area contributed by atoms with Gasteiger partial charge in [0.05, 0.1) is 6.33 Å². The van der Waals surface area contributed by atoms with E-state index in [9.17, 15) is 4.79 Å². The number of amides is 1. The second-order valence-electron chi connectivity index (χ2n) is 4.14. The summed E-state index contributed by atoms with van der Waals surface area (Å²) in [7, 11) is 2.05. The molecule has 0 aromatic carbocycles. The number of aromatic nitrogens is 2. The largest absolute Gasteiger partial charge is 0.339 e. The molecule has 17 heavy (non-hydrogen) atoms. The van der Waals surface area contributed by atoms with Gasteiger partial charge in [-0.3, -0.25) is 4.79 Å². The quantitative estimate of drug-likeness (QED) is 0.808. The number of halogens is 2. The Kier molecular flexibility index (Phi) is 3.91. The Morgan fingerprint density at radius 1 is 1.35 bits per heavy atom. The van der Waals surface area contributed by atoms with Gasteiger partial charge >= 0.3 is 0 Å². The van der Waals surface area contributed by atoms with Gasteiger partial charge in [0.15, 0.2) is 5.15 Å². The van der Waals surface area contributed by atoms with Crippen LogP contribution in [-0.2, 0) is 11.3 Å². The Labute approximate surface area is 110 Å². The molecule has 7 heteroatoms. The first-order valence-electron chi connectivity index (χ1n) is 5.40. The van der Waals surface area contributed by atoms with Crippen LogP contribution >= 0.6 is 23.2 Å². The molecule has 1 aliphatic rings. The molecular formula is C10H14Cl2N4O. The van der Waals surface area contributed by atoms with Gasteiger partial charge in [0.25, 0.3) is 0 Å². The normalized spacial score (nSPS) is 17.5. The van der Waals surface area contributed by atoms with Gasteiger partial charge in [0.1, 0.15) is 11.7 Å². The van der Waals surface area contributed by atoms with Crippen molar-refractivity contribution < 1.29 is 4.79 Å². The van der Waals surface area contributed by atoms with Gasteiger partial charge < -0.3 is 14.4 Å². The molecule has 0 bridgehead atoms. The van der Waals surface area contributed by atoms with Crippen molar-refractivity contribution in [3.8, 4) is 0 Å². The minimum absolute atomic E-state index is 0.0501. The lowest BCUT2D eigenvalue weighted by atomic mass is 10.3. The molecule has 0 saturated carbocycles. The van der Waals surface area contributed by atoms with Crippen molar-refractivity contribution in [3.05, 3.63) is 16.6 Å². The molecule has 0 N–H and O–H groups in total. The number of hydrogen-bond donors (Lipinski definition) is 0. The van der Waals surface area contributed by atoms with Crippen LogP contribution in [0, 0.1) is 0 Å². The Balaban J connectivity index is 1.95. The molecule has 1 aliphatic heterocycles. The van der Waals surface area contributed by atoms with Crippen molar-refractivity contribution >= 4 is 29.1 Å². The van der Waals surface area contributed by atoms with Crippen LogP contribution in [0.15, 0.2) is 6.33 Å². The Morgan fingerprint density at radius 2 is 2.00 bits per heavy atom. The third kappa shape index (κ3) is 2.91. The smallest absolute Gasteiger partial charge is 0.242 e. The molecule has 1 amide bonds. The number of imidazole rings is 1. The molecule has 0 atom stereocenters. The van der Waals surface area contributed by atoms with E-state index in [0.29, 0.717) is 5.15 Å². The molecule has 1 aromatic rings. The zero-order valence-electron chi connectivity index (χ0n) is 9.57. The van der Waals surface area contributed by atoms with E-state index in [1.807, 2.05) is 11.9 Å². The number of piperazine rings is 1. The van der Waals surface area contributed by atoms with Crippen LogP contribution in [0.5, 0.6) is 0 Å². The summed E-state index contributed by atoms with van der Waals surface area (Å²) in [6, 6.07) is 0. The number of nitrogens with zero attached hydrogens (tertiary/aromatic N) is 4. The van der Waals surface area contributed by atoms with Crippen LogP contribution in [0.25, 0.3) is 0 Å². The average molecular weight is 277 g/mol. The molecule has 0 spiro atoms. The summed E-state index contributed by atoms with van der Waals surface area (Å²) in [5, 5.41) is 0.548. The third-order valence-corrected chi connectivity index (χ3v) is 3.66. The van der Waals surface area contributed by atoms with Crippen LogP contribution in [0.1, 0.15) is 0 Å². The van der Waals surface area contributed by atoms with Crippen LogP contribution in [0.3, 0.4) is 0 Å². The molecule has 0 aliphatic carbocycles. The SMILES string of the molecule is CN1CCN(C(=O)Cn2cnc(Cl)c2Cl)CC1. The summed E-state index contributed by atoms with van der Waals surface area (Å²) in [5.74, 6) is 0.0501. The van der Waals surface area contributed by atoms with Crippen molar-refractivity contribution in [2.75, 3.05) is 33.2 Å². The van der Waals surface area contributed by atoms with Gasteiger partial charge in [0, 0.05) is 26.2 Å². The Bertz CT molecular complexity index is 412. The monoisotopic (exact) mass is 276 g/mol. The van der Waals surface area contributed by atoms with Crippen molar-refractivity contribution in [3.63, 3.8) is 0 Å². The first kappa shape index (κ1) is 12.7. The average Bonchev–Trinajstić information content (AvgIpc) is 2.62. The molecule has 2 heterocycles. The highest BCUT2D eigenvalue weighted by molar-refractivity contribution is 6.40. The summed E-state index contributed by atoms with van der Waals surface area (Å²) in [6.45, 7) is 3.53. The fourth-order valence-electron chi connectivity index (χ4n) is 1.75. The number of rotatable bonds is 2. The topological polar surface area (TPSA) is 41.4 Å². The number of carbonyl (C=O) groups excluding carboxylic acids is 1. The fourth-order valence-corrected chi connectivity index (χ4v) is 2.06. The van der Waals surface area contributed by atoms with Crippen molar-refractivity contribution in [2.24, 2.45) is 0 Å². The van der Waals surface area contributed by atoms with E-state index in [-0.39, 0.29) is 17.6 Å². The van der Waals surface area contributed by atoms with E-state index in [4.69, 9.17) is 23.2 Å². The molecule has 1 fully saturated rings. The minimum Gasteiger partial charge on any atom is -0.339 e. The van der Waals surface area contributed by atoms with E-state index in [2.05, 4.69) is 9.88 Å². The first-order valence-corrected chi connectivity index (χ1v) is 6.16. The third-order valence-electron chi connectivity index (χ3n) is 2.89. The van der Waals surface area contributed by atoms with Crippen LogP contribution in [0.2, 0.25) is 10.3 Å². The lowest BCUT2D eigenvalue weighted by molar-refractivity contribution is -0.133. The van der Waals surface area contributed by atoms with Crippen molar-refractivity contribution in [1.29, 1.82) is 0 Å². The zero-order valence-corrected chi connectivity index (χ0v) is 11.1. The summed E-state index contributed by atoms with van der Waals surface area (Å²) in [5.41, 5.74) is 0. The highest BCUT2D eigenvalue weighted by atomic mass is 35.5. The molecule has 5 nitrogen and oxygen atoms in total. The van der Waals surface area contributed by atoms with Gasteiger partial charge in [-0.1, -0.05) is 23.2 Å². The highest BCUT2D eigenvalue weighted by Crippen LogP contribution is 2.19. The lowest BCUT2D eigenvalue weighted by Gasteiger charge is -2.32. The van der Waals surface area contributed by atoms with E-state index >= 15 is 0 Å². The van der Waals surface area contributed by atoms with Crippen molar-refractivity contribution in [2.45, 2.75) is 6.54 Å². The summed E-state index contributed by atoms with van der Waals surface area (Å²) < 4.78 is 1.56. The van der Waals surface area contributed by atoms with E-state index in [1.165, 1.54) is 6.33 Å². The summed E-state index contributed by atoms with van der Waals surface area (Å²) >= 11 is 11.6. The summed E-state index contributed by atoms with van der Waals surface area (Å²) in [6.07, 6.45) is 1.48. The van der Waals surface area contributed by atoms with Crippen LogP contribution < -0.4 is 0 Å². The maximum absolute atomic E-state index is 12.0. The van der Waals surface area contributed by atoms with Gasteiger partial charge in [0.2, 0.25) is 5.91 Å². The molecule has 0 unspecified atom stereocenters. The summed E-state index contributed by atoms with van der Waals surface area (Å²) in [4.78, 5) is 19.9. The van der Waals surface area contributed by atoms with Gasteiger partial charge in [-0.05, 0) is 7.05 Å². The maximum Gasteiger partial charge on any atom is 0.242 e. The first-order chi connectivity index (χ1) is 8.08. The standard InChI is InChI=1S/C10H14Cl2N4O/c1-14-2-4-15(5-3-14)8(17)6-16-7-13-9(11)10(16)12/h7H,2-6H2,1H3. The molecule has 2 rings (SSSR count). The van der Waals surface area contributed by atoms with Crippen molar-refractivity contribution in [1.82, 2.24) is 19.4 Å². The van der Waals surface area contributed by atoms with Crippen LogP contribution in [-0.4, -0.2) is 58.5 Å². The molecule has 94 valence electrons. The van der Waals surface area contributed by atoms with Gasteiger partial charge in [-0.2, -0.15) is 0 Å². The van der Waals surface area contributed by atoms with Gasteiger partial charge in [-0.15, -0.1) is 0 Å². The van der Waals surface area contributed by atoms with E-state index < -0.39 is 0 Å². The molecular weight excluding hydrogens is 263 g/mol. The highest BCUT2D eigenvalue weighted by Gasteiger charge is 2.20. The number of carbonyl (C=O) groups is 1. The van der Waals surface area contributed by atoms with Gasteiger partial charge in [-0.25, -0.2) is 4.98 Å².